The number of fused-ring (bicyclic) bond motifs is 8. The van der Waals surface area contributed by atoms with Gasteiger partial charge in [0.1, 0.15) is 11.2 Å². The molecule has 0 bridgehead atoms. The van der Waals surface area contributed by atoms with Crippen LogP contribution in [0.25, 0.3) is 66.1 Å². The molecule has 1 aliphatic rings. The molecular formula is C59H39NO. The van der Waals surface area contributed by atoms with Crippen molar-refractivity contribution in [2.45, 2.75) is 5.41 Å². The average molecular weight is 778 g/mol. The van der Waals surface area contributed by atoms with E-state index < -0.39 is 5.41 Å². The van der Waals surface area contributed by atoms with Gasteiger partial charge in [0.05, 0.1) is 5.41 Å². The van der Waals surface area contributed by atoms with Crippen LogP contribution in [0, 0.1) is 0 Å². The lowest BCUT2D eigenvalue weighted by atomic mass is 9.68. The first-order chi connectivity index (χ1) is 30.3. The van der Waals surface area contributed by atoms with Crippen molar-refractivity contribution in [2.75, 3.05) is 4.90 Å². The third-order valence-electron chi connectivity index (χ3n) is 12.8. The van der Waals surface area contributed by atoms with Crippen molar-refractivity contribution in [3.05, 3.63) is 259 Å². The van der Waals surface area contributed by atoms with Crippen molar-refractivity contribution in [1.82, 2.24) is 0 Å². The number of hydrogen-bond acceptors (Lipinski definition) is 2. The van der Waals surface area contributed by atoms with Crippen LogP contribution >= 0.6 is 0 Å². The summed E-state index contributed by atoms with van der Waals surface area (Å²) in [7, 11) is 0. The third kappa shape index (κ3) is 5.50. The van der Waals surface area contributed by atoms with Gasteiger partial charge in [-0.15, -0.1) is 0 Å². The zero-order chi connectivity index (χ0) is 40.3. The molecule has 61 heavy (non-hydrogen) atoms. The van der Waals surface area contributed by atoms with Crippen LogP contribution in [0.1, 0.15) is 22.3 Å². The van der Waals surface area contributed by atoms with Crippen LogP contribution in [0.4, 0.5) is 17.1 Å². The lowest BCUT2D eigenvalue weighted by Gasteiger charge is -2.34. The van der Waals surface area contributed by atoms with Gasteiger partial charge in [-0.1, -0.05) is 188 Å². The second-order valence-electron chi connectivity index (χ2n) is 16.0. The largest absolute Gasteiger partial charge is 0.456 e. The molecule has 0 amide bonds. The predicted octanol–water partition coefficient (Wildman–Crippen LogP) is 15.9. The summed E-state index contributed by atoms with van der Waals surface area (Å²) in [5.74, 6) is 0. The summed E-state index contributed by atoms with van der Waals surface area (Å²) >= 11 is 0. The number of hydrogen-bond donors (Lipinski definition) is 0. The van der Waals surface area contributed by atoms with Crippen molar-refractivity contribution >= 4 is 49.8 Å². The fraction of sp³-hybridized carbons (Fsp3) is 0.0169. The maximum atomic E-state index is 6.45. The van der Waals surface area contributed by atoms with Gasteiger partial charge in [-0.3, -0.25) is 0 Å². The minimum absolute atomic E-state index is 0.458. The van der Waals surface area contributed by atoms with Crippen LogP contribution in [0.3, 0.4) is 0 Å². The Morgan fingerprint density at radius 3 is 1.41 bits per heavy atom. The summed E-state index contributed by atoms with van der Waals surface area (Å²) < 4.78 is 6.45. The number of para-hydroxylation sites is 1. The highest BCUT2D eigenvalue weighted by atomic mass is 16.3. The second kappa shape index (κ2) is 14.1. The molecule has 0 N–H and O–H groups in total. The van der Waals surface area contributed by atoms with Crippen molar-refractivity contribution < 1.29 is 4.42 Å². The monoisotopic (exact) mass is 777 g/mol. The Bertz CT molecular complexity index is 3340. The predicted molar refractivity (Wildman–Crippen MR) is 254 cm³/mol. The number of nitrogens with zero attached hydrogens (tertiary/aromatic N) is 1. The molecule has 0 atom stereocenters. The molecule has 0 unspecified atom stereocenters. The van der Waals surface area contributed by atoms with Gasteiger partial charge in [0.2, 0.25) is 0 Å². The van der Waals surface area contributed by atoms with Gasteiger partial charge < -0.3 is 9.32 Å². The molecule has 1 aliphatic carbocycles. The van der Waals surface area contributed by atoms with E-state index in [4.69, 9.17) is 4.42 Å². The first kappa shape index (κ1) is 35.0. The molecule has 286 valence electrons. The molecule has 1 aromatic heterocycles. The van der Waals surface area contributed by atoms with E-state index in [2.05, 4.69) is 235 Å². The summed E-state index contributed by atoms with van der Waals surface area (Å²) in [5, 5.41) is 4.72. The lowest BCUT2D eigenvalue weighted by Crippen LogP contribution is -2.28. The fourth-order valence-electron chi connectivity index (χ4n) is 10.1. The van der Waals surface area contributed by atoms with Gasteiger partial charge in [-0.25, -0.2) is 0 Å². The molecule has 11 aromatic rings. The Hall–Kier alpha value is -7.94. The highest BCUT2D eigenvalue weighted by Gasteiger charge is 2.45. The summed E-state index contributed by atoms with van der Waals surface area (Å²) in [6.45, 7) is 0. The fourth-order valence-corrected chi connectivity index (χ4v) is 10.1. The molecular weight excluding hydrogens is 739 g/mol. The van der Waals surface area contributed by atoms with E-state index in [-0.39, 0.29) is 0 Å². The van der Waals surface area contributed by atoms with E-state index in [1.165, 1.54) is 60.7 Å². The maximum Gasteiger partial charge on any atom is 0.136 e. The molecule has 2 heteroatoms. The topological polar surface area (TPSA) is 16.4 Å². The summed E-state index contributed by atoms with van der Waals surface area (Å²) in [4.78, 5) is 2.37. The molecule has 2 nitrogen and oxygen atoms in total. The zero-order valence-corrected chi connectivity index (χ0v) is 33.4. The molecule has 12 rings (SSSR count). The van der Waals surface area contributed by atoms with E-state index >= 15 is 0 Å². The highest BCUT2D eigenvalue weighted by molar-refractivity contribution is 6.22. The van der Waals surface area contributed by atoms with Crippen molar-refractivity contribution in [1.29, 1.82) is 0 Å². The highest BCUT2D eigenvalue weighted by Crippen LogP contribution is 2.56. The SMILES string of the molecule is c1ccc(-c2ccc(N(c3ccc(-c4cc5oc6ccccc6c5c5ccccc45)cc3)c3ccc(C4(c5ccccc5)c5ccccc5-c5ccccc54)cc3)cc2)cc1. The van der Waals surface area contributed by atoms with Crippen LogP contribution in [0.2, 0.25) is 0 Å². The molecule has 0 fully saturated rings. The van der Waals surface area contributed by atoms with Gasteiger partial charge in [0.15, 0.2) is 0 Å². The first-order valence-electron chi connectivity index (χ1n) is 21.0. The van der Waals surface area contributed by atoms with Crippen LogP contribution in [0.15, 0.2) is 241 Å². The van der Waals surface area contributed by atoms with Gasteiger partial charge in [-0.2, -0.15) is 0 Å². The van der Waals surface area contributed by atoms with Gasteiger partial charge in [0.25, 0.3) is 0 Å². The number of rotatable bonds is 7. The number of furan rings is 1. The molecule has 1 heterocycles. The van der Waals surface area contributed by atoms with Gasteiger partial charge >= 0.3 is 0 Å². The third-order valence-corrected chi connectivity index (χ3v) is 12.8. The Morgan fingerprint density at radius 2 is 0.770 bits per heavy atom. The van der Waals surface area contributed by atoms with Crippen molar-refractivity contribution in [2.24, 2.45) is 0 Å². The molecule has 0 radical (unpaired) electrons. The van der Waals surface area contributed by atoms with E-state index in [9.17, 15) is 0 Å². The summed E-state index contributed by atoms with van der Waals surface area (Å²) in [6, 6.07) is 85.9. The van der Waals surface area contributed by atoms with Crippen LogP contribution in [-0.2, 0) is 5.41 Å². The maximum absolute atomic E-state index is 6.45. The van der Waals surface area contributed by atoms with Crippen LogP contribution in [-0.4, -0.2) is 0 Å². The molecule has 10 aromatic carbocycles. The van der Waals surface area contributed by atoms with E-state index in [0.29, 0.717) is 0 Å². The van der Waals surface area contributed by atoms with E-state index in [1.807, 2.05) is 6.07 Å². The van der Waals surface area contributed by atoms with Crippen molar-refractivity contribution in [3.8, 4) is 33.4 Å². The quantitative estimate of drug-likeness (QED) is 0.160. The average Bonchev–Trinajstić information content (AvgIpc) is 3.87. The van der Waals surface area contributed by atoms with Crippen molar-refractivity contribution in [3.63, 3.8) is 0 Å². The second-order valence-corrected chi connectivity index (χ2v) is 16.0. The van der Waals surface area contributed by atoms with E-state index in [1.54, 1.807) is 0 Å². The molecule has 0 saturated heterocycles. The van der Waals surface area contributed by atoms with Crippen LogP contribution in [0.5, 0.6) is 0 Å². The van der Waals surface area contributed by atoms with Crippen LogP contribution < -0.4 is 4.90 Å². The number of benzene rings is 10. The van der Waals surface area contributed by atoms with Gasteiger partial charge in [0, 0.05) is 27.8 Å². The normalized spacial score (nSPS) is 12.7. The minimum Gasteiger partial charge on any atom is -0.456 e. The van der Waals surface area contributed by atoms with E-state index in [0.717, 1.165) is 44.7 Å². The Balaban J connectivity index is 0.998. The Labute approximate surface area is 355 Å². The molecule has 0 aliphatic heterocycles. The van der Waals surface area contributed by atoms with Gasteiger partial charge in [-0.05, 0) is 115 Å². The summed E-state index contributed by atoms with van der Waals surface area (Å²) in [6.07, 6.45) is 0. The summed E-state index contributed by atoms with van der Waals surface area (Å²) in [5.41, 5.74) is 17.0. The Morgan fingerprint density at radius 1 is 0.311 bits per heavy atom. The Kier molecular flexibility index (Phi) is 8.11. The zero-order valence-electron chi connectivity index (χ0n) is 33.4. The molecule has 0 saturated carbocycles. The smallest absolute Gasteiger partial charge is 0.136 e. The number of anilines is 3. The lowest BCUT2D eigenvalue weighted by molar-refractivity contribution is 0.669. The standard InChI is InChI=1S/C59H39NO/c1-3-15-40(16-4-1)41-27-33-45(34-28-41)60(46-35-29-42(30-36-46)53-39-57-58(51-22-8-7-19-48(51)53)52-23-11-14-26-56(52)61-57)47-37-31-44(32-38-47)59(43-17-5-2-6-18-43)54-24-12-9-20-49(54)50-21-10-13-25-55(50)59/h1-39H. The molecule has 0 spiro atoms. The minimum atomic E-state index is -0.458. The first-order valence-corrected chi connectivity index (χ1v) is 21.0.